The topological polar surface area (TPSA) is 66.7 Å². The van der Waals surface area contributed by atoms with E-state index in [0.29, 0.717) is 36.9 Å². The predicted octanol–water partition coefficient (Wildman–Crippen LogP) is 4.00. The Bertz CT molecular complexity index is 1410. The van der Waals surface area contributed by atoms with Crippen molar-refractivity contribution in [2.75, 3.05) is 45.7 Å². The van der Waals surface area contributed by atoms with Crippen molar-refractivity contribution < 1.29 is 18.3 Å². The summed E-state index contributed by atoms with van der Waals surface area (Å²) < 4.78 is 35.5. The van der Waals surface area contributed by atoms with Gasteiger partial charge in [0.1, 0.15) is 11.6 Å². The number of methoxy groups -OCH3 is 1. The second kappa shape index (κ2) is 9.20. The van der Waals surface area contributed by atoms with E-state index in [1.807, 2.05) is 23.1 Å². The number of fused-ring (bicyclic) bond motifs is 3. The molecule has 0 bridgehead atoms. The number of halogens is 3. The van der Waals surface area contributed by atoms with Gasteiger partial charge in [0.15, 0.2) is 17.4 Å². The Morgan fingerprint density at radius 1 is 1.11 bits per heavy atom. The number of nitrogens with zero attached hydrogens (tertiary/aromatic N) is 6. The quantitative estimate of drug-likeness (QED) is 0.486. The third-order valence-corrected chi connectivity index (χ3v) is 8.23. The van der Waals surface area contributed by atoms with Gasteiger partial charge >= 0.3 is 0 Å². The van der Waals surface area contributed by atoms with Crippen LogP contribution in [0.5, 0.6) is 5.75 Å². The fourth-order valence-electron chi connectivity index (χ4n) is 6.08. The molecule has 1 aromatic heterocycles. The van der Waals surface area contributed by atoms with Gasteiger partial charge in [0, 0.05) is 62.2 Å². The monoisotopic (exact) mass is 542 g/mol. The number of rotatable bonds is 5. The molecule has 1 spiro atoms. The third kappa shape index (κ3) is 4.19. The largest absolute Gasteiger partial charge is 0.494 e. The van der Waals surface area contributed by atoms with E-state index in [9.17, 15) is 13.6 Å². The summed E-state index contributed by atoms with van der Waals surface area (Å²) >= 11 is 6.35. The maximum Gasteiger partial charge on any atom is 0.236 e. The van der Waals surface area contributed by atoms with Crippen molar-refractivity contribution in [2.45, 2.75) is 31.8 Å². The first-order valence-electron chi connectivity index (χ1n) is 12.6. The number of carbonyl (C=O) groups excluding carboxylic acids is 1. The smallest absolute Gasteiger partial charge is 0.236 e. The Balaban J connectivity index is 1.22. The summed E-state index contributed by atoms with van der Waals surface area (Å²) in [5.41, 5.74) is 2.45. The molecule has 0 atom stereocenters. The van der Waals surface area contributed by atoms with E-state index in [0.717, 1.165) is 41.8 Å². The van der Waals surface area contributed by atoms with Crippen LogP contribution in [0.15, 0.2) is 30.3 Å². The first-order valence-corrected chi connectivity index (χ1v) is 13.0. The van der Waals surface area contributed by atoms with Gasteiger partial charge in [0.05, 0.1) is 31.6 Å². The number of carbonyl (C=O) groups is 1. The molecule has 0 unspecified atom stereocenters. The van der Waals surface area contributed by atoms with Crippen molar-refractivity contribution in [3.05, 3.63) is 64.2 Å². The molecule has 2 aromatic carbocycles. The molecule has 3 aliphatic rings. The van der Waals surface area contributed by atoms with E-state index >= 15 is 0 Å². The average molecular weight is 543 g/mol. The Hall–Kier alpha value is -3.24. The van der Waals surface area contributed by atoms with Gasteiger partial charge in [-0.25, -0.2) is 8.78 Å². The SMILES string of the molecule is COc1cc(N2CC3(CC(c4nnc5n4-c4ccc(Cl)cc4CN(CC(=O)N(C)C)C5)C3)C2)c(F)cc1F. The molecule has 1 saturated carbocycles. The lowest BCUT2D eigenvalue weighted by atomic mass is 9.57. The van der Waals surface area contributed by atoms with Crippen molar-refractivity contribution in [1.82, 2.24) is 24.6 Å². The van der Waals surface area contributed by atoms with Crippen LogP contribution in [0.2, 0.25) is 5.02 Å². The number of anilines is 1. The molecule has 3 aromatic rings. The Labute approximate surface area is 224 Å². The lowest BCUT2D eigenvalue weighted by Crippen LogP contribution is -2.62. The van der Waals surface area contributed by atoms with Crippen LogP contribution in [0.25, 0.3) is 5.69 Å². The minimum absolute atomic E-state index is 0.0208. The minimum atomic E-state index is -0.702. The fraction of sp³-hybridized carbons (Fsp3) is 0.444. The van der Waals surface area contributed by atoms with E-state index in [-0.39, 0.29) is 29.5 Å². The molecule has 11 heteroatoms. The van der Waals surface area contributed by atoms with Gasteiger partial charge in [-0.15, -0.1) is 10.2 Å². The molecule has 38 heavy (non-hydrogen) atoms. The van der Waals surface area contributed by atoms with E-state index in [1.165, 1.54) is 13.2 Å². The van der Waals surface area contributed by atoms with Crippen LogP contribution in [0.3, 0.4) is 0 Å². The number of ether oxygens (including phenoxy) is 1. The van der Waals surface area contributed by atoms with Gasteiger partial charge in [0.2, 0.25) is 5.91 Å². The lowest BCUT2D eigenvalue weighted by Gasteiger charge is -2.59. The number of benzene rings is 2. The zero-order valence-corrected chi connectivity index (χ0v) is 22.3. The van der Waals surface area contributed by atoms with Gasteiger partial charge in [-0.1, -0.05) is 11.6 Å². The molecular weight excluding hydrogens is 514 g/mol. The summed E-state index contributed by atoms with van der Waals surface area (Å²) in [4.78, 5) is 18.0. The van der Waals surface area contributed by atoms with Crippen molar-refractivity contribution in [1.29, 1.82) is 0 Å². The van der Waals surface area contributed by atoms with Crippen LogP contribution in [0.4, 0.5) is 14.5 Å². The van der Waals surface area contributed by atoms with Gasteiger partial charge in [-0.2, -0.15) is 0 Å². The van der Waals surface area contributed by atoms with Crippen molar-refractivity contribution in [3.63, 3.8) is 0 Å². The van der Waals surface area contributed by atoms with E-state index < -0.39 is 11.6 Å². The van der Waals surface area contributed by atoms with Crippen LogP contribution in [0, 0.1) is 17.0 Å². The lowest BCUT2D eigenvalue weighted by molar-refractivity contribution is -0.130. The molecule has 3 heterocycles. The van der Waals surface area contributed by atoms with Crippen LogP contribution < -0.4 is 9.64 Å². The Morgan fingerprint density at radius 2 is 1.87 bits per heavy atom. The maximum atomic E-state index is 14.5. The number of amides is 1. The minimum Gasteiger partial charge on any atom is -0.494 e. The van der Waals surface area contributed by atoms with E-state index in [4.69, 9.17) is 16.3 Å². The van der Waals surface area contributed by atoms with Crippen LogP contribution in [0.1, 0.15) is 36.0 Å². The first-order chi connectivity index (χ1) is 18.2. The van der Waals surface area contributed by atoms with Gasteiger partial charge in [-0.05, 0) is 36.6 Å². The summed E-state index contributed by atoms with van der Waals surface area (Å²) in [7, 11) is 4.88. The molecule has 200 valence electrons. The van der Waals surface area contributed by atoms with E-state index in [1.54, 1.807) is 19.0 Å². The fourth-order valence-corrected chi connectivity index (χ4v) is 6.27. The molecule has 0 radical (unpaired) electrons. The Morgan fingerprint density at radius 3 is 2.58 bits per heavy atom. The summed E-state index contributed by atoms with van der Waals surface area (Å²) in [6.45, 7) is 2.74. The van der Waals surface area contributed by atoms with Crippen molar-refractivity contribution in [3.8, 4) is 11.4 Å². The Kier molecular flexibility index (Phi) is 6.07. The summed E-state index contributed by atoms with van der Waals surface area (Å²) in [6, 6.07) is 8.12. The summed E-state index contributed by atoms with van der Waals surface area (Å²) in [5.74, 6) is 0.695. The molecule has 2 aliphatic heterocycles. The molecule has 2 fully saturated rings. The van der Waals surface area contributed by atoms with Gasteiger partial charge < -0.3 is 14.5 Å². The normalized spacial score (nSPS) is 18.3. The van der Waals surface area contributed by atoms with Crippen LogP contribution in [-0.4, -0.2) is 71.3 Å². The zero-order chi connectivity index (χ0) is 26.8. The summed E-state index contributed by atoms with van der Waals surface area (Å²) in [6.07, 6.45) is 1.82. The standard InChI is InChI=1S/C27H29ClF2N6O2/c1-33(2)25(37)13-34-11-16-6-18(28)4-5-21(16)36-24(12-34)31-32-26(36)17-9-27(10-17)14-35(15-27)22-8-23(38-3)20(30)7-19(22)29/h4-8,17H,9-15H2,1-3H3. The highest BCUT2D eigenvalue weighted by Gasteiger charge is 2.54. The molecule has 0 N–H and O–H groups in total. The number of hydrogen-bond donors (Lipinski definition) is 0. The first kappa shape index (κ1) is 25.1. The molecular formula is C27H29ClF2N6O2. The van der Waals surface area contributed by atoms with Crippen molar-refractivity contribution in [2.24, 2.45) is 5.41 Å². The van der Waals surface area contributed by atoms with Crippen molar-refractivity contribution >= 4 is 23.2 Å². The molecule has 1 saturated heterocycles. The highest BCUT2D eigenvalue weighted by atomic mass is 35.5. The zero-order valence-electron chi connectivity index (χ0n) is 21.5. The maximum absolute atomic E-state index is 14.5. The number of aromatic nitrogens is 3. The number of likely N-dealkylation sites (N-methyl/N-ethyl adjacent to an activating group) is 1. The molecule has 1 aliphatic carbocycles. The third-order valence-electron chi connectivity index (χ3n) is 7.99. The molecule has 6 rings (SSSR count). The molecule has 8 nitrogen and oxygen atoms in total. The predicted molar refractivity (Wildman–Crippen MR) is 139 cm³/mol. The van der Waals surface area contributed by atoms with Crippen LogP contribution >= 0.6 is 11.6 Å². The van der Waals surface area contributed by atoms with Crippen LogP contribution in [-0.2, 0) is 17.9 Å². The highest BCUT2D eigenvalue weighted by molar-refractivity contribution is 6.30. The highest BCUT2D eigenvalue weighted by Crippen LogP contribution is 2.57. The van der Waals surface area contributed by atoms with E-state index in [2.05, 4.69) is 19.7 Å². The van der Waals surface area contributed by atoms with Gasteiger partial charge in [0.25, 0.3) is 0 Å². The summed E-state index contributed by atoms with van der Waals surface area (Å²) in [5, 5.41) is 9.79. The number of hydrogen-bond acceptors (Lipinski definition) is 6. The second-order valence-corrected chi connectivity index (χ2v) is 11.4. The average Bonchev–Trinajstić information content (AvgIpc) is 3.14. The second-order valence-electron chi connectivity index (χ2n) is 10.9. The van der Waals surface area contributed by atoms with Gasteiger partial charge in [-0.3, -0.25) is 14.3 Å². The molecule has 1 amide bonds.